The Balaban J connectivity index is 1.08. The summed E-state index contributed by atoms with van der Waals surface area (Å²) >= 11 is 0. The van der Waals surface area contributed by atoms with Crippen LogP contribution in [0.25, 0.3) is 10.9 Å². The van der Waals surface area contributed by atoms with Gasteiger partial charge >= 0.3 is 0 Å². The number of benzene rings is 3. The van der Waals surface area contributed by atoms with E-state index >= 15 is 4.57 Å². The zero-order chi connectivity index (χ0) is 38.1. The SMILES string of the molecule is C=CCCOCCOCCOCCOCCOCCOCCOCCOCCn1c(=O)c(P(=O)(c2ccccc2)c2ccccc2)cc2cc(C)ccc21. The lowest BCUT2D eigenvalue weighted by atomic mass is 10.1. The van der Waals surface area contributed by atoms with Crippen LogP contribution in [0.4, 0.5) is 0 Å². The van der Waals surface area contributed by atoms with Crippen LogP contribution in [0.2, 0.25) is 0 Å². The van der Waals surface area contributed by atoms with Gasteiger partial charge < -0.3 is 47.0 Å². The summed E-state index contributed by atoms with van der Waals surface area (Å²) in [6.45, 7) is 13.7. The lowest BCUT2D eigenvalue weighted by molar-refractivity contribution is -0.0231. The predicted molar refractivity (Wildman–Crippen MR) is 214 cm³/mol. The third kappa shape index (κ3) is 14.3. The highest BCUT2D eigenvalue weighted by Crippen LogP contribution is 2.41. The largest absolute Gasteiger partial charge is 0.379 e. The standard InChI is InChI=1S/C42H56NO10P/c1-3-4-18-46-20-22-48-24-26-50-28-30-52-32-33-53-31-29-51-27-25-49-23-21-47-19-17-43-40-16-15-36(2)34-37(40)35-41(42(43)44)54(45,38-11-7-5-8-12-38)39-13-9-6-10-14-39/h3,5-16,34-35H,1,4,17-33H2,2H3. The molecule has 11 nitrogen and oxygen atoms in total. The molecule has 0 fully saturated rings. The quantitative estimate of drug-likeness (QED) is 0.0423. The fraction of sp³-hybridized carbons (Fsp3) is 0.452. The molecule has 0 aliphatic rings. The van der Waals surface area contributed by atoms with Crippen LogP contribution < -0.4 is 21.5 Å². The number of fused-ring (bicyclic) bond motifs is 1. The molecule has 0 saturated carbocycles. The maximum atomic E-state index is 15.1. The molecule has 0 spiro atoms. The van der Waals surface area contributed by atoms with Gasteiger partial charge in [0.15, 0.2) is 7.14 Å². The summed E-state index contributed by atoms with van der Waals surface area (Å²) in [5, 5.41) is 2.39. The zero-order valence-electron chi connectivity index (χ0n) is 31.6. The van der Waals surface area contributed by atoms with Gasteiger partial charge in [-0.3, -0.25) is 4.79 Å². The van der Waals surface area contributed by atoms with Crippen LogP contribution in [0, 0.1) is 6.92 Å². The van der Waals surface area contributed by atoms with Gasteiger partial charge in [-0.05, 0) is 36.9 Å². The number of ether oxygens (including phenoxy) is 8. The number of aromatic nitrogens is 1. The Morgan fingerprint density at radius 3 is 1.39 bits per heavy atom. The molecule has 0 N–H and O–H groups in total. The number of hydrogen-bond acceptors (Lipinski definition) is 10. The minimum absolute atomic E-state index is 0.282. The topological polar surface area (TPSA) is 113 Å². The minimum atomic E-state index is -3.48. The molecule has 0 saturated heterocycles. The maximum Gasteiger partial charge on any atom is 0.262 e. The van der Waals surface area contributed by atoms with Gasteiger partial charge in [0.1, 0.15) is 0 Å². The number of pyridine rings is 1. The smallest absolute Gasteiger partial charge is 0.262 e. The average Bonchev–Trinajstić information content (AvgIpc) is 3.20. The van der Waals surface area contributed by atoms with Crippen molar-refractivity contribution < 1.29 is 42.5 Å². The fourth-order valence-electron chi connectivity index (χ4n) is 5.61. The third-order valence-electron chi connectivity index (χ3n) is 8.34. The van der Waals surface area contributed by atoms with Crippen molar-refractivity contribution in [2.75, 3.05) is 106 Å². The number of aryl methyl sites for hydroxylation is 1. The molecular weight excluding hydrogens is 709 g/mol. The lowest BCUT2D eigenvalue weighted by Crippen LogP contribution is -2.40. The molecular formula is C42H56NO10P. The van der Waals surface area contributed by atoms with Gasteiger partial charge in [-0.25, -0.2) is 0 Å². The van der Waals surface area contributed by atoms with E-state index in [1.54, 1.807) is 4.57 Å². The minimum Gasteiger partial charge on any atom is -0.379 e. The van der Waals surface area contributed by atoms with Crippen molar-refractivity contribution in [3.8, 4) is 0 Å². The lowest BCUT2D eigenvalue weighted by Gasteiger charge is -2.22. The Hall–Kier alpha value is -3.48. The molecule has 0 atom stereocenters. The van der Waals surface area contributed by atoms with E-state index in [9.17, 15) is 4.79 Å². The van der Waals surface area contributed by atoms with Gasteiger partial charge in [0.25, 0.3) is 5.56 Å². The molecule has 12 heteroatoms. The molecule has 54 heavy (non-hydrogen) atoms. The number of hydrogen-bond donors (Lipinski definition) is 0. The van der Waals surface area contributed by atoms with Gasteiger partial charge in [0, 0.05) is 17.2 Å². The summed E-state index contributed by atoms with van der Waals surface area (Å²) in [5.41, 5.74) is 1.54. The molecule has 1 heterocycles. The molecule has 0 radical (unpaired) electrons. The van der Waals surface area contributed by atoms with E-state index < -0.39 is 7.14 Å². The first-order valence-corrected chi connectivity index (χ1v) is 20.3. The summed E-state index contributed by atoms with van der Waals surface area (Å²) in [6, 6.07) is 26.3. The number of nitrogens with zero attached hydrogens (tertiary/aromatic N) is 1. The Bertz CT molecular complexity index is 1690. The van der Waals surface area contributed by atoms with Crippen LogP contribution in [-0.2, 0) is 49.0 Å². The fourth-order valence-corrected chi connectivity index (χ4v) is 8.36. The number of rotatable bonds is 30. The predicted octanol–water partition coefficient (Wildman–Crippen LogP) is 4.66. The van der Waals surface area contributed by atoms with E-state index in [4.69, 9.17) is 37.9 Å². The first-order chi connectivity index (χ1) is 26.6. The van der Waals surface area contributed by atoms with E-state index in [0.717, 1.165) is 22.9 Å². The first kappa shape index (κ1) is 43.3. The van der Waals surface area contributed by atoms with Crippen molar-refractivity contribution in [1.29, 1.82) is 0 Å². The maximum absolute atomic E-state index is 15.1. The van der Waals surface area contributed by atoms with Crippen molar-refractivity contribution in [3.63, 3.8) is 0 Å². The second kappa shape index (κ2) is 25.6. The second-order valence-corrected chi connectivity index (χ2v) is 15.0. The molecule has 3 aromatic carbocycles. The monoisotopic (exact) mass is 765 g/mol. The molecule has 0 amide bonds. The molecule has 0 aliphatic heterocycles. The molecule has 1 aromatic heterocycles. The molecule has 4 aromatic rings. The van der Waals surface area contributed by atoms with Crippen molar-refractivity contribution >= 4 is 34.0 Å². The Morgan fingerprint density at radius 1 is 0.556 bits per heavy atom. The second-order valence-electron chi connectivity index (χ2n) is 12.3. The van der Waals surface area contributed by atoms with Gasteiger partial charge in [0.2, 0.25) is 0 Å². The summed E-state index contributed by atoms with van der Waals surface area (Å²) in [6.07, 6.45) is 2.68. The van der Waals surface area contributed by atoms with E-state index in [1.165, 1.54) is 0 Å². The highest BCUT2D eigenvalue weighted by molar-refractivity contribution is 7.85. The van der Waals surface area contributed by atoms with E-state index in [1.807, 2.05) is 97.9 Å². The average molecular weight is 766 g/mol. The van der Waals surface area contributed by atoms with Crippen LogP contribution in [0.15, 0.2) is 102 Å². The summed E-state index contributed by atoms with van der Waals surface area (Å²) in [7, 11) is -3.48. The van der Waals surface area contributed by atoms with Gasteiger partial charge in [-0.15, -0.1) is 6.58 Å². The van der Waals surface area contributed by atoms with Gasteiger partial charge in [0.05, 0.1) is 117 Å². The summed E-state index contributed by atoms with van der Waals surface area (Å²) < 4.78 is 61.2. The van der Waals surface area contributed by atoms with E-state index in [0.29, 0.717) is 123 Å². The van der Waals surface area contributed by atoms with Crippen LogP contribution in [0.1, 0.15) is 12.0 Å². The van der Waals surface area contributed by atoms with Gasteiger partial charge in [-0.2, -0.15) is 0 Å². The highest BCUT2D eigenvalue weighted by Gasteiger charge is 2.33. The summed E-state index contributed by atoms with van der Waals surface area (Å²) in [4.78, 5) is 14.2. The third-order valence-corrected chi connectivity index (χ3v) is 11.4. The van der Waals surface area contributed by atoms with Crippen LogP contribution in [0.5, 0.6) is 0 Å². The molecule has 0 unspecified atom stereocenters. The normalized spacial score (nSPS) is 11.7. The zero-order valence-corrected chi connectivity index (χ0v) is 32.5. The highest BCUT2D eigenvalue weighted by atomic mass is 31.2. The van der Waals surface area contributed by atoms with Crippen molar-refractivity contribution in [2.24, 2.45) is 0 Å². The molecule has 4 rings (SSSR count). The molecule has 294 valence electrons. The van der Waals surface area contributed by atoms with E-state index in [2.05, 4.69) is 6.58 Å². The molecule has 0 bridgehead atoms. The Morgan fingerprint density at radius 2 is 0.963 bits per heavy atom. The van der Waals surface area contributed by atoms with Gasteiger partial charge in [-0.1, -0.05) is 78.4 Å². The molecule has 0 aliphatic carbocycles. The Kier molecular flexibility index (Phi) is 20.5. The van der Waals surface area contributed by atoms with Crippen molar-refractivity contribution in [2.45, 2.75) is 19.9 Å². The van der Waals surface area contributed by atoms with Crippen molar-refractivity contribution in [1.82, 2.24) is 4.57 Å². The first-order valence-electron chi connectivity index (χ1n) is 18.6. The van der Waals surface area contributed by atoms with Crippen molar-refractivity contribution in [3.05, 3.63) is 114 Å². The van der Waals surface area contributed by atoms with Crippen LogP contribution in [0.3, 0.4) is 0 Å². The summed E-state index contributed by atoms with van der Waals surface area (Å²) in [5.74, 6) is 0. The Labute approximate surface area is 319 Å². The van der Waals surface area contributed by atoms with Crippen LogP contribution in [-0.4, -0.2) is 110 Å². The van der Waals surface area contributed by atoms with Crippen LogP contribution >= 0.6 is 7.14 Å². The van der Waals surface area contributed by atoms with E-state index in [-0.39, 0.29) is 10.9 Å².